The Labute approximate surface area is 203 Å². The lowest BCUT2D eigenvalue weighted by molar-refractivity contribution is -0.108. The number of methoxy groups -OCH3 is 1. The van der Waals surface area contributed by atoms with Gasteiger partial charge in [-0.25, -0.2) is 0 Å². The monoisotopic (exact) mass is 470 g/mol. The fraction of sp³-hybridized carbons (Fsp3) is 0.519. The van der Waals surface area contributed by atoms with Gasteiger partial charge in [0, 0.05) is 12.5 Å². The Bertz CT molecular complexity index is 853. The Morgan fingerprint density at radius 1 is 1.03 bits per heavy atom. The number of benzene rings is 2. The summed E-state index contributed by atoms with van der Waals surface area (Å²) in [6.45, 7) is 5.50. The van der Waals surface area contributed by atoms with Gasteiger partial charge < -0.3 is 34.0 Å². The van der Waals surface area contributed by atoms with E-state index >= 15 is 0 Å². The number of nitrogens with zero attached hydrogens (tertiary/aromatic N) is 1. The maximum absolute atomic E-state index is 10.00. The largest absolute Gasteiger partial charge is 0.497 e. The summed E-state index contributed by atoms with van der Waals surface area (Å²) >= 11 is 0. The van der Waals surface area contributed by atoms with Crippen LogP contribution in [-0.2, 0) is 11.2 Å². The van der Waals surface area contributed by atoms with Crippen molar-refractivity contribution < 1.29 is 23.7 Å². The molecule has 1 N–H and O–H groups in total. The first-order chi connectivity index (χ1) is 16.7. The van der Waals surface area contributed by atoms with Crippen molar-refractivity contribution in [3.63, 3.8) is 0 Å². The van der Waals surface area contributed by atoms with Crippen LogP contribution in [-0.4, -0.2) is 70.8 Å². The number of carbonyl (C=O) groups excluding carboxylic acids is 1. The summed E-state index contributed by atoms with van der Waals surface area (Å²) in [6.07, 6.45) is 6.24. The van der Waals surface area contributed by atoms with Gasteiger partial charge in [0.05, 0.1) is 13.7 Å². The summed E-state index contributed by atoms with van der Waals surface area (Å²) in [5.41, 5.74) is 1.32. The van der Waals surface area contributed by atoms with Gasteiger partial charge in [-0.2, -0.15) is 0 Å². The van der Waals surface area contributed by atoms with Crippen molar-refractivity contribution >= 4 is 6.29 Å². The van der Waals surface area contributed by atoms with Crippen LogP contribution in [0.5, 0.6) is 23.0 Å². The Balaban J connectivity index is 0.000000215. The zero-order valence-corrected chi connectivity index (χ0v) is 20.5. The number of hydrogen-bond donors (Lipinski definition) is 1. The molecule has 1 atom stereocenters. The average molecular weight is 471 g/mol. The van der Waals surface area contributed by atoms with E-state index in [1.54, 1.807) is 7.11 Å². The first-order valence-corrected chi connectivity index (χ1v) is 12.2. The quantitative estimate of drug-likeness (QED) is 0.396. The molecule has 34 heavy (non-hydrogen) atoms. The molecule has 2 aromatic rings. The van der Waals surface area contributed by atoms with Crippen LogP contribution in [0.1, 0.15) is 31.2 Å². The molecule has 2 aliphatic rings. The summed E-state index contributed by atoms with van der Waals surface area (Å²) in [7, 11) is 3.68. The number of carbonyl (C=O) groups is 1. The van der Waals surface area contributed by atoms with E-state index in [1.165, 1.54) is 44.5 Å². The number of nitrogens with one attached hydrogen (secondary N) is 1. The van der Waals surface area contributed by atoms with Gasteiger partial charge in [-0.3, -0.25) is 0 Å². The SMILES string of the molecule is CNC(CCN1CCCC1)Cc1ccc2c(c1)OCCO2.COc1ccc(OCCC=O)cc1. The zero-order valence-electron chi connectivity index (χ0n) is 20.5. The second-order valence-electron chi connectivity index (χ2n) is 8.48. The van der Waals surface area contributed by atoms with Crippen molar-refractivity contribution in [1.29, 1.82) is 0 Å². The van der Waals surface area contributed by atoms with Crippen LogP contribution >= 0.6 is 0 Å². The molecule has 1 saturated heterocycles. The van der Waals surface area contributed by atoms with Gasteiger partial charge >= 0.3 is 0 Å². The molecule has 0 amide bonds. The summed E-state index contributed by atoms with van der Waals surface area (Å²) in [4.78, 5) is 12.6. The van der Waals surface area contributed by atoms with Gasteiger partial charge in [0.15, 0.2) is 11.5 Å². The molecule has 0 spiro atoms. The number of rotatable bonds is 11. The molecule has 2 aliphatic heterocycles. The lowest BCUT2D eigenvalue weighted by Crippen LogP contribution is -2.32. The van der Waals surface area contributed by atoms with E-state index in [9.17, 15) is 4.79 Å². The molecule has 0 saturated carbocycles. The van der Waals surface area contributed by atoms with Crippen molar-refractivity contribution in [2.75, 3.05) is 53.6 Å². The standard InChI is InChI=1S/C17H26N2O2.C10H12O3/c1-18-15(6-9-19-7-2-3-8-19)12-14-4-5-16-17(13-14)21-11-10-20-16;1-12-9-3-5-10(6-4-9)13-8-2-7-11/h4-5,13,15,18H,2-3,6-12H2,1H3;3-7H,2,8H2,1H3. The van der Waals surface area contributed by atoms with Crippen LogP contribution in [0, 0.1) is 0 Å². The second-order valence-corrected chi connectivity index (χ2v) is 8.48. The Kier molecular flexibility index (Phi) is 11.0. The van der Waals surface area contributed by atoms with E-state index in [-0.39, 0.29) is 0 Å². The van der Waals surface area contributed by atoms with Gasteiger partial charge in [0.2, 0.25) is 0 Å². The van der Waals surface area contributed by atoms with E-state index in [2.05, 4.69) is 29.4 Å². The van der Waals surface area contributed by atoms with E-state index in [4.69, 9.17) is 18.9 Å². The summed E-state index contributed by atoms with van der Waals surface area (Å²) in [5.74, 6) is 3.32. The van der Waals surface area contributed by atoms with Gasteiger partial charge in [0.1, 0.15) is 31.0 Å². The highest BCUT2D eigenvalue weighted by Gasteiger charge is 2.16. The molecular weight excluding hydrogens is 432 g/mol. The molecule has 0 aromatic heterocycles. The van der Waals surface area contributed by atoms with Crippen LogP contribution < -0.4 is 24.3 Å². The average Bonchev–Trinajstić information content (AvgIpc) is 3.41. The highest BCUT2D eigenvalue weighted by Crippen LogP contribution is 2.31. The van der Waals surface area contributed by atoms with Crippen LogP contribution in [0.4, 0.5) is 0 Å². The van der Waals surface area contributed by atoms with Crippen LogP contribution in [0.25, 0.3) is 0 Å². The Morgan fingerprint density at radius 3 is 2.41 bits per heavy atom. The van der Waals surface area contributed by atoms with Crippen molar-refractivity contribution in [2.45, 2.75) is 38.1 Å². The van der Waals surface area contributed by atoms with Crippen molar-refractivity contribution in [2.24, 2.45) is 0 Å². The first kappa shape index (κ1) is 25.8. The maximum Gasteiger partial charge on any atom is 0.161 e. The van der Waals surface area contributed by atoms with Crippen molar-refractivity contribution in [1.82, 2.24) is 10.2 Å². The predicted octanol–water partition coefficient (Wildman–Crippen LogP) is 3.74. The first-order valence-electron chi connectivity index (χ1n) is 12.2. The summed E-state index contributed by atoms with van der Waals surface area (Å²) in [5, 5.41) is 3.46. The number of hydrogen-bond acceptors (Lipinski definition) is 7. The molecule has 0 radical (unpaired) electrons. The molecule has 7 nitrogen and oxygen atoms in total. The molecular formula is C27H38N2O5. The highest BCUT2D eigenvalue weighted by atomic mass is 16.6. The fourth-order valence-electron chi connectivity index (χ4n) is 4.09. The molecule has 1 fully saturated rings. The fourth-order valence-corrected chi connectivity index (χ4v) is 4.09. The number of likely N-dealkylation sites (N-methyl/N-ethyl adjacent to an activating group) is 1. The number of aldehydes is 1. The van der Waals surface area contributed by atoms with Gasteiger partial charge in [0.25, 0.3) is 0 Å². The van der Waals surface area contributed by atoms with Crippen LogP contribution in [0.2, 0.25) is 0 Å². The van der Waals surface area contributed by atoms with Gasteiger partial charge in [-0.1, -0.05) is 6.07 Å². The predicted molar refractivity (Wildman–Crippen MR) is 133 cm³/mol. The molecule has 0 aliphatic carbocycles. The lowest BCUT2D eigenvalue weighted by Gasteiger charge is -2.22. The smallest absolute Gasteiger partial charge is 0.161 e. The molecule has 2 heterocycles. The molecule has 0 bridgehead atoms. The van der Waals surface area contributed by atoms with Crippen molar-refractivity contribution in [3.8, 4) is 23.0 Å². The van der Waals surface area contributed by atoms with E-state index in [0.717, 1.165) is 35.7 Å². The highest BCUT2D eigenvalue weighted by molar-refractivity contribution is 5.49. The van der Waals surface area contributed by atoms with E-state index in [1.807, 2.05) is 30.3 Å². The van der Waals surface area contributed by atoms with E-state index in [0.29, 0.717) is 32.3 Å². The minimum Gasteiger partial charge on any atom is -0.497 e. The van der Waals surface area contributed by atoms with Crippen LogP contribution in [0.15, 0.2) is 42.5 Å². The number of fused-ring (bicyclic) bond motifs is 1. The Hall–Kier alpha value is -2.77. The third-order valence-electron chi connectivity index (χ3n) is 6.05. The molecule has 186 valence electrons. The normalized spacial score (nSPS) is 15.7. The van der Waals surface area contributed by atoms with E-state index < -0.39 is 0 Å². The van der Waals surface area contributed by atoms with Gasteiger partial charge in [-0.05, 0) is 94.3 Å². The Morgan fingerprint density at radius 2 is 1.74 bits per heavy atom. The third kappa shape index (κ3) is 8.54. The second kappa shape index (κ2) is 14.5. The molecule has 4 rings (SSSR count). The van der Waals surface area contributed by atoms with Crippen LogP contribution in [0.3, 0.4) is 0 Å². The summed E-state index contributed by atoms with van der Waals surface area (Å²) < 4.78 is 21.5. The summed E-state index contributed by atoms with van der Waals surface area (Å²) in [6, 6.07) is 14.1. The molecule has 2 aromatic carbocycles. The van der Waals surface area contributed by atoms with Crippen molar-refractivity contribution in [3.05, 3.63) is 48.0 Å². The number of likely N-dealkylation sites (tertiary alicyclic amines) is 1. The minimum atomic E-state index is 0.423. The minimum absolute atomic E-state index is 0.423. The van der Waals surface area contributed by atoms with Gasteiger partial charge in [-0.15, -0.1) is 0 Å². The molecule has 7 heteroatoms. The molecule has 1 unspecified atom stereocenters. The third-order valence-corrected chi connectivity index (χ3v) is 6.05. The zero-order chi connectivity index (χ0) is 24.0. The topological polar surface area (TPSA) is 69.3 Å². The maximum atomic E-state index is 10.00. The lowest BCUT2D eigenvalue weighted by atomic mass is 10.0. The number of ether oxygens (including phenoxy) is 4.